The number of unbranched alkanes of at least 4 members (excludes halogenated alkanes) is 8. The SMILES string of the molecule is CCCCCCCCCCCc1[nH]cc[n+]1C(C)N. The Morgan fingerprint density at radius 1 is 1.05 bits per heavy atom. The van der Waals surface area contributed by atoms with Crippen LogP contribution in [0.4, 0.5) is 0 Å². The molecule has 3 N–H and O–H groups in total. The molecule has 3 heteroatoms. The molecule has 0 radical (unpaired) electrons. The second-order valence-electron chi connectivity index (χ2n) is 5.63. The highest BCUT2D eigenvalue weighted by molar-refractivity contribution is 4.77. The number of nitrogens with two attached hydrogens (primary N) is 1. The van der Waals surface area contributed by atoms with Gasteiger partial charge in [0.25, 0.3) is 5.82 Å². The maximum atomic E-state index is 5.91. The quantitative estimate of drug-likeness (QED) is 0.464. The van der Waals surface area contributed by atoms with Gasteiger partial charge in [0.05, 0.1) is 0 Å². The van der Waals surface area contributed by atoms with Gasteiger partial charge in [-0.15, -0.1) is 0 Å². The van der Waals surface area contributed by atoms with Gasteiger partial charge in [-0.05, 0) is 13.3 Å². The van der Waals surface area contributed by atoms with Crippen LogP contribution in [0.25, 0.3) is 0 Å². The molecule has 1 atom stereocenters. The lowest BCUT2D eigenvalue weighted by molar-refractivity contribution is -0.724. The van der Waals surface area contributed by atoms with E-state index in [4.69, 9.17) is 5.73 Å². The molecule has 19 heavy (non-hydrogen) atoms. The Balaban J connectivity index is 2.00. The smallest absolute Gasteiger partial charge is 0.255 e. The Hall–Kier alpha value is -0.830. The molecule has 1 aromatic heterocycles. The fourth-order valence-corrected chi connectivity index (χ4v) is 2.56. The summed E-state index contributed by atoms with van der Waals surface area (Å²) in [6.45, 7) is 4.29. The first kappa shape index (κ1) is 16.2. The lowest BCUT2D eigenvalue weighted by atomic mass is 10.1. The highest BCUT2D eigenvalue weighted by atomic mass is 15.1. The fraction of sp³-hybridized carbons (Fsp3) is 0.812. The molecule has 0 bridgehead atoms. The molecule has 0 aromatic carbocycles. The van der Waals surface area contributed by atoms with Crippen molar-refractivity contribution in [2.45, 2.75) is 84.2 Å². The minimum atomic E-state index is 0.0693. The minimum absolute atomic E-state index is 0.0693. The van der Waals surface area contributed by atoms with Crippen molar-refractivity contribution in [3.05, 3.63) is 18.2 Å². The van der Waals surface area contributed by atoms with Crippen LogP contribution in [0.5, 0.6) is 0 Å². The molecule has 1 aromatic rings. The van der Waals surface area contributed by atoms with Crippen molar-refractivity contribution in [2.75, 3.05) is 0 Å². The third-order valence-electron chi connectivity index (χ3n) is 3.75. The fourth-order valence-electron chi connectivity index (χ4n) is 2.56. The van der Waals surface area contributed by atoms with E-state index in [0.717, 1.165) is 6.42 Å². The Morgan fingerprint density at radius 3 is 2.21 bits per heavy atom. The third-order valence-corrected chi connectivity index (χ3v) is 3.75. The van der Waals surface area contributed by atoms with E-state index < -0.39 is 0 Å². The second-order valence-corrected chi connectivity index (χ2v) is 5.63. The zero-order valence-corrected chi connectivity index (χ0v) is 12.8. The zero-order valence-electron chi connectivity index (χ0n) is 12.8. The van der Waals surface area contributed by atoms with E-state index in [-0.39, 0.29) is 6.17 Å². The van der Waals surface area contributed by atoms with Crippen LogP contribution in [0, 0.1) is 0 Å². The average Bonchev–Trinajstić information content (AvgIpc) is 2.85. The third kappa shape index (κ3) is 6.76. The van der Waals surface area contributed by atoms with Gasteiger partial charge in [0.15, 0.2) is 0 Å². The number of nitrogens with one attached hydrogen (secondary N) is 1. The Bertz CT molecular complexity index is 318. The van der Waals surface area contributed by atoms with E-state index in [0.29, 0.717) is 0 Å². The number of nitrogens with zero attached hydrogens (tertiary/aromatic N) is 1. The summed E-state index contributed by atoms with van der Waals surface area (Å²) in [6.07, 6.45) is 17.6. The summed E-state index contributed by atoms with van der Waals surface area (Å²) in [7, 11) is 0. The molecule has 3 nitrogen and oxygen atoms in total. The topological polar surface area (TPSA) is 45.7 Å². The maximum absolute atomic E-state index is 5.91. The van der Waals surface area contributed by atoms with Crippen LogP contribution in [0.3, 0.4) is 0 Å². The van der Waals surface area contributed by atoms with Crippen molar-refractivity contribution < 1.29 is 4.57 Å². The largest absolute Gasteiger partial charge is 0.293 e. The summed E-state index contributed by atoms with van der Waals surface area (Å²) in [5.41, 5.74) is 5.91. The van der Waals surface area contributed by atoms with Gasteiger partial charge >= 0.3 is 0 Å². The van der Waals surface area contributed by atoms with E-state index in [2.05, 4.69) is 16.5 Å². The predicted molar refractivity (Wildman–Crippen MR) is 80.8 cm³/mol. The van der Waals surface area contributed by atoms with Crippen LogP contribution in [-0.2, 0) is 6.42 Å². The van der Waals surface area contributed by atoms with Crippen molar-refractivity contribution in [1.82, 2.24) is 4.98 Å². The molecule has 0 fully saturated rings. The molecule has 0 amide bonds. The molecule has 0 saturated carbocycles. The predicted octanol–water partition coefficient (Wildman–Crippen LogP) is 3.85. The molecule has 0 aliphatic carbocycles. The van der Waals surface area contributed by atoms with Gasteiger partial charge in [-0.2, -0.15) is 0 Å². The monoisotopic (exact) mass is 266 g/mol. The molecular formula is C16H32N3+. The first-order valence-corrected chi connectivity index (χ1v) is 8.08. The number of aromatic nitrogens is 2. The summed E-state index contributed by atoms with van der Waals surface area (Å²) in [5.74, 6) is 1.26. The number of H-pyrrole nitrogens is 1. The van der Waals surface area contributed by atoms with Crippen LogP contribution in [0.1, 0.15) is 83.6 Å². The van der Waals surface area contributed by atoms with E-state index >= 15 is 0 Å². The summed E-state index contributed by atoms with van der Waals surface area (Å²) in [4.78, 5) is 3.30. The number of aryl methyl sites for hydroxylation is 1. The van der Waals surface area contributed by atoms with Gasteiger partial charge in [-0.3, -0.25) is 5.73 Å². The average molecular weight is 266 g/mol. The van der Waals surface area contributed by atoms with E-state index in [1.807, 2.05) is 19.3 Å². The van der Waals surface area contributed by atoms with E-state index in [1.54, 1.807) is 0 Å². The molecular weight excluding hydrogens is 234 g/mol. The van der Waals surface area contributed by atoms with Gasteiger partial charge in [-0.1, -0.05) is 58.3 Å². The second kappa shape index (κ2) is 10.0. The van der Waals surface area contributed by atoms with E-state index in [9.17, 15) is 0 Å². The molecule has 1 rings (SSSR count). The van der Waals surface area contributed by atoms with Gasteiger partial charge < -0.3 is 0 Å². The lowest BCUT2D eigenvalue weighted by Gasteiger charge is -2.04. The highest BCUT2D eigenvalue weighted by Crippen LogP contribution is 2.10. The molecule has 0 aliphatic heterocycles. The number of imidazole rings is 1. The van der Waals surface area contributed by atoms with Crippen molar-refractivity contribution in [3.63, 3.8) is 0 Å². The number of hydrogen-bond acceptors (Lipinski definition) is 1. The van der Waals surface area contributed by atoms with Gasteiger partial charge in [0.1, 0.15) is 18.6 Å². The zero-order chi connectivity index (χ0) is 13.9. The molecule has 0 saturated heterocycles. The van der Waals surface area contributed by atoms with Crippen molar-refractivity contribution >= 4 is 0 Å². The Labute approximate surface area is 118 Å². The number of aromatic amines is 1. The van der Waals surface area contributed by atoms with Crippen LogP contribution in [0.15, 0.2) is 12.4 Å². The van der Waals surface area contributed by atoms with Gasteiger partial charge in [-0.25, -0.2) is 9.55 Å². The summed E-state index contributed by atoms with van der Waals surface area (Å²) in [6, 6.07) is 0. The van der Waals surface area contributed by atoms with Crippen molar-refractivity contribution in [2.24, 2.45) is 5.73 Å². The number of rotatable bonds is 11. The summed E-state index contributed by atoms with van der Waals surface area (Å²) < 4.78 is 2.13. The molecule has 1 unspecified atom stereocenters. The van der Waals surface area contributed by atoms with Crippen LogP contribution in [-0.4, -0.2) is 4.98 Å². The summed E-state index contributed by atoms with van der Waals surface area (Å²) >= 11 is 0. The summed E-state index contributed by atoms with van der Waals surface area (Å²) in [5, 5.41) is 0. The minimum Gasteiger partial charge on any atom is -0.293 e. The normalized spacial score (nSPS) is 12.8. The lowest BCUT2D eigenvalue weighted by Crippen LogP contribution is -2.44. The Kier molecular flexibility index (Phi) is 8.55. The Morgan fingerprint density at radius 2 is 1.63 bits per heavy atom. The van der Waals surface area contributed by atoms with Crippen LogP contribution >= 0.6 is 0 Å². The van der Waals surface area contributed by atoms with E-state index in [1.165, 1.54) is 63.6 Å². The van der Waals surface area contributed by atoms with Crippen molar-refractivity contribution in [3.8, 4) is 0 Å². The van der Waals surface area contributed by atoms with Crippen LogP contribution < -0.4 is 10.3 Å². The first-order valence-electron chi connectivity index (χ1n) is 8.08. The number of hydrogen-bond donors (Lipinski definition) is 2. The first-order chi connectivity index (χ1) is 9.25. The van der Waals surface area contributed by atoms with Gasteiger partial charge in [0, 0.05) is 6.42 Å². The van der Waals surface area contributed by atoms with Gasteiger partial charge in [0.2, 0.25) is 0 Å². The van der Waals surface area contributed by atoms with Crippen LogP contribution in [0.2, 0.25) is 0 Å². The highest BCUT2D eigenvalue weighted by Gasteiger charge is 2.12. The molecule has 0 aliphatic rings. The molecule has 0 spiro atoms. The van der Waals surface area contributed by atoms with Crippen molar-refractivity contribution in [1.29, 1.82) is 0 Å². The maximum Gasteiger partial charge on any atom is 0.255 e. The standard InChI is InChI=1S/C16H31N3/c1-3-4-5-6-7-8-9-10-11-12-16-18-13-14-19(16)15(2)17/h13-15H,3-12,17H2,1-2H3/p+1. The molecule has 1 heterocycles. The molecule has 110 valence electrons.